The summed E-state index contributed by atoms with van der Waals surface area (Å²) in [5.74, 6) is 0.912. The van der Waals surface area contributed by atoms with Crippen LogP contribution in [0.2, 0.25) is 0 Å². The van der Waals surface area contributed by atoms with Crippen LogP contribution in [-0.2, 0) is 0 Å². The van der Waals surface area contributed by atoms with E-state index < -0.39 is 0 Å². The van der Waals surface area contributed by atoms with E-state index in [1.165, 1.54) is 25.7 Å². The van der Waals surface area contributed by atoms with E-state index in [4.69, 9.17) is 10.9 Å². The summed E-state index contributed by atoms with van der Waals surface area (Å²) in [4.78, 5) is 3.91. The van der Waals surface area contributed by atoms with Crippen molar-refractivity contribution in [2.75, 3.05) is 6.54 Å². The van der Waals surface area contributed by atoms with Crippen molar-refractivity contribution in [1.29, 1.82) is 0 Å². The van der Waals surface area contributed by atoms with Gasteiger partial charge >= 0.3 is 0 Å². The molecule has 4 heteroatoms. The minimum atomic E-state index is 0.104. The van der Waals surface area contributed by atoms with Gasteiger partial charge in [-0.3, -0.25) is 10.2 Å². The molecule has 0 fully saturated rings. The highest BCUT2D eigenvalue weighted by Crippen LogP contribution is 2.09. The van der Waals surface area contributed by atoms with Gasteiger partial charge in [-0.15, -0.1) is 0 Å². The van der Waals surface area contributed by atoms with Crippen molar-refractivity contribution in [1.82, 2.24) is 5.48 Å². The van der Waals surface area contributed by atoms with E-state index in [2.05, 4.69) is 18.8 Å². The van der Waals surface area contributed by atoms with Crippen LogP contribution in [0.3, 0.4) is 0 Å². The van der Waals surface area contributed by atoms with Gasteiger partial charge in [0.05, 0.1) is 0 Å². The van der Waals surface area contributed by atoms with Crippen molar-refractivity contribution in [3.63, 3.8) is 0 Å². The third-order valence-corrected chi connectivity index (χ3v) is 2.09. The minimum absolute atomic E-state index is 0.104. The average Bonchev–Trinajstić information content (AvgIpc) is 2.15. The van der Waals surface area contributed by atoms with Gasteiger partial charge < -0.3 is 5.73 Å². The molecule has 0 amide bonds. The minimum Gasteiger partial charge on any atom is -0.368 e. The predicted octanol–water partition coefficient (Wildman–Crippen LogP) is 1.89. The van der Waals surface area contributed by atoms with Gasteiger partial charge in [-0.25, -0.2) is 5.48 Å². The second-order valence-electron chi connectivity index (χ2n) is 3.98. The quantitative estimate of drug-likeness (QED) is 0.255. The predicted molar refractivity (Wildman–Crippen MR) is 59.3 cm³/mol. The zero-order chi connectivity index (χ0) is 10.8. The van der Waals surface area contributed by atoms with Gasteiger partial charge in [0.1, 0.15) is 0 Å². The molecule has 0 saturated carbocycles. The van der Waals surface area contributed by atoms with Gasteiger partial charge in [0.2, 0.25) is 5.96 Å². The van der Waals surface area contributed by atoms with E-state index in [-0.39, 0.29) is 5.96 Å². The number of nitrogens with one attached hydrogen (secondary N) is 1. The van der Waals surface area contributed by atoms with Crippen LogP contribution < -0.4 is 11.2 Å². The van der Waals surface area contributed by atoms with Gasteiger partial charge in [-0.05, 0) is 12.3 Å². The molecule has 0 bridgehead atoms. The van der Waals surface area contributed by atoms with Crippen LogP contribution in [0.15, 0.2) is 4.99 Å². The molecule has 4 nitrogen and oxygen atoms in total. The van der Waals surface area contributed by atoms with E-state index in [0.29, 0.717) is 6.54 Å². The number of unbranched alkanes of at least 4 members (excludes halogenated alkanes) is 3. The highest BCUT2D eigenvalue weighted by molar-refractivity contribution is 5.76. The fourth-order valence-electron chi connectivity index (χ4n) is 1.25. The molecule has 0 atom stereocenters. The van der Waals surface area contributed by atoms with Crippen molar-refractivity contribution in [2.45, 2.75) is 46.0 Å². The van der Waals surface area contributed by atoms with Crippen LogP contribution in [0, 0.1) is 5.92 Å². The number of nitrogens with zero attached hydrogens (tertiary/aromatic N) is 1. The summed E-state index contributed by atoms with van der Waals surface area (Å²) in [6.07, 6.45) is 6.11. The molecule has 0 aromatic heterocycles. The normalized spacial score (nSPS) is 12.1. The van der Waals surface area contributed by atoms with E-state index in [0.717, 1.165) is 12.3 Å². The molecule has 4 N–H and O–H groups in total. The molecule has 0 aliphatic carbocycles. The Morgan fingerprint density at radius 3 is 2.50 bits per heavy atom. The summed E-state index contributed by atoms with van der Waals surface area (Å²) in [6.45, 7) is 5.19. The third kappa shape index (κ3) is 9.32. The van der Waals surface area contributed by atoms with Gasteiger partial charge in [-0.1, -0.05) is 39.5 Å². The lowest BCUT2D eigenvalue weighted by Crippen LogP contribution is -2.28. The first-order chi connectivity index (χ1) is 6.66. The number of rotatable bonds is 7. The van der Waals surface area contributed by atoms with Crippen molar-refractivity contribution < 1.29 is 5.21 Å². The van der Waals surface area contributed by atoms with Crippen molar-refractivity contribution in [3.05, 3.63) is 0 Å². The number of hydroxylamine groups is 1. The molecule has 0 saturated heterocycles. The van der Waals surface area contributed by atoms with E-state index in [1.54, 1.807) is 0 Å². The molecule has 0 unspecified atom stereocenters. The molecule has 0 heterocycles. The van der Waals surface area contributed by atoms with E-state index in [9.17, 15) is 0 Å². The average molecular weight is 201 g/mol. The second-order valence-corrected chi connectivity index (χ2v) is 3.98. The van der Waals surface area contributed by atoms with Crippen LogP contribution in [-0.4, -0.2) is 17.7 Å². The highest BCUT2D eigenvalue weighted by Gasteiger charge is 1.94. The Labute approximate surface area is 86.6 Å². The Balaban J connectivity index is 3.14. The lowest BCUT2D eigenvalue weighted by Gasteiger charge is -2.03. The number of aliphatic imine (C=N–C) groups is 1. The molecule has 0 spiro atoms. The smallest absolute Gasteiger partial charge is 0.212 e. The molecule has 0 aliphatic rings. The highest BCUT2D eigenvalue weighted by atomic mass is 16.5. The van der Waals surface area contributed by atoms with Gasteiger partial charge in [0.15, 0.2) is 0 Å². The van der Waals surface area contributed by atoms with Gasteiger partial charge in [0, 0.05) is 6.54 Å². The molecule has 0 radical (unpaired) electrons. The first kappa shape index (κ1) is 13.2. The Bertz CT molecular complexity index is 157. The van der Waals surface area contributed by atoms with Gasteiger partial charge in [-0.2, -0.15) is 0 Å². The van der Waals surface area contributed by atoms with Crippen LogP contribution in [0.5, 0.6) is 0 Å². The summed E-state index contributed by atoms with van der Waals surface area (Å²) >= 11 is 0. The Hall–Kier alpha value is -0.770. The molecule has 0 aromatic carbocycles. The zero-order valence-corrected chi connectivity index (χ0v) is 9.29. The number of nitrogens with two attached hydrogens (primary N) is 1. The number of hydrogen-bond donors (Lipinski definition) is 3. The van der Waals surface area contributed by atoms with Crippen molar-refractivity contribution >= 4 is 5.96 Å². The summed E-state index contributed by atoms with van der Waals surface area (Å²) in [5.41, 5.74) is 7.05. The topological polar surface area (TPSA) is 70.6 Å². The van der Waals surface area contributed by atoms with E-state index >= 15 is 0 Å². The SMILES string of the molecule is CC(C)CCCCCCN=C(N)NO. The fourth-order valence-corrected chi connectivity index (χ4v) is 1.25. The molecule has 84 valence electrons. The first-order valence-electron chi connectivity index (χ1n) is 5.37. The van der Waals surface area contributed by atoms with Crippen LogP contribution in [0.1, 0.15) is 46.0 Å². The molecule has 0 aromatic rings. The maximum atomic E-state index is 8.33. The summed E-state index contributed by atoms with van der Waals surface area (Å²) < 4.78 is 0. The maximum absolute atomic E-state index is 8.33. The maximum Gasteiger partial charge on any atom is 0.212 e. The van der Waals surface area contributed by atoms with Crippen LogP contribution in [0.25, 0.3) is 0 Å². The Morgan fingerprint density at radius 2 is 1.93 bits per heavy atom. The zero-order valence-electron chi connectivity index (χ0n) is 9.29. The van der Waals surface area contributed by atoms with Crippen LogP contribution in [0.4, 0.5) is 0 Å². The Kier molecular flexibility index (Phi) is 8.33. The summed E-state index contributed by atoms with van der Waals surface area (Å²) in [5, 5.41) is 8.33. The lowest BCUT2D eigenvalue weighted by molar-refractivity contribution is 0.232. The lowest BCUT2D eigenvalue weighted by atomic mass is 10.0. The largest absolute Gasteiger partial charge is 0.368 e. The standard InChI is InChI=1S/C10H23N3O/c1-9(2)7-5-3-4-6-8-12-10(11)13-14/h9,14H,3-8H2,1-2H3,(H3,11,12,13). The molecule has 0 rings (SSSR count). The van der Waals surface area contributed by atoms with E-state index in [1.807, 2.05) is 5.48 Å². The summed E-state index contributed by atoms with van der Waals surface area (Å²) in [7, 11) is 0. The Morgan fingerprint density at radius 1 is 1.29 bits per heavy atom. The third-order valence-electron chi connectivity index (χ3n) is 2.09. The van der Waals surface area contributed by atoms with Crippen molar-refractivity contribution in [2.24, 2.45) is 16.6 Å². The molecular weight excluding hydrogens is 178 g/mol. The molecular formula is C10H23N3O. The number of guanidine groups is 1. The van der Waals surface area contributed by atoms with Crippen molar-refractivity contribution in [3.8, 4) is 0 Å². The van der Waals surface area contributed by atoms with Crippen LogP contribution >= 0.6 is 0 Å². The summed E-state index contributed by atoms with van der Waals surface area (Å²) in [6, 6.07) is 0. The monoisotopic (exact) mass is 201 g/mol. The fraction of sp³-hybridized carbons (Fsp3) is 0.900. The second kappa shape index (κ2) is 8.81. The number of hydrogen-bond acceptors (Lipinski definition) is 2. The molecule has 0 aliphatic heterocycles. The molecule has 14 heavy (non-hydrogen) atoms. The van der Waals surface area contributed by atoms with Gasteiger partial charge in [0.25, 0.3) is 0 Å². The first-order valence-corrected chi connectivity index (χ1v) is 5.37.